The molecule has 5 aromatic rings. The molecule has 53 heavy (non-hydrogen) atoms. The second-order valence-corrected chi connectivity index (χ2v) is 12.9. The standard InChI is InChI=1S/C36H39N5O8.H4NO2P/c1-21(2)32(43)39-35-38-31-28(33(44)40-35)37-20-41(31)34-30(47-5)29(42)27(49-34)19-48-36(22-9-7-6-8-10-22,23-11-15-25(45-3)16-12-23)24-13-17-26(46-4)18-14-24;1-4(2)3/h6-18,20-21,27,29-30,34,42H,19H2,1-5H3,(H2,38,39,40,43,44);2-3H,1H2/t27-,29-,30-,34-;/m1./s1. The highest BCUT2D eigenvalue weighted by Gasteiger charge is 2.48. The number of ether oxygens (including phenoxy) is 5. The summed E-state index contributed by atoms with van der Waals surface area (Å²) in [6, 6.07) is 25.0. The maximum absolute atomic E-state index is 12.9. The van der Waals surface area contributed by atoms with Gasteiger partial charge in [-0.3, -0.25) is 30.0 Å². The number of carbonyl (C=O) groups is 1. The fourth-order valence-electron chi connectivity index (χ4n) is 6.05. The number of amides is 1. The van der Waals surface area contributed by atoms with E-state index in [0.29, 0.717) is 11.5 Å². The fourth-order valence-corrected chi connectivity index (χ4v) is 6.05. The van der Waals surface area contributed by atoms with Gasteiger partial charge in [0.2, 0.25) is 20.4 Å². The molecule has 2 aromatic heterocycles. The first-order chi connectivity index (χ1) is 25.4. The van der Waals surface area contributed by atoms with Gasteiger partial charge in [0, 0.05) is 13.0 Å². The van der Waals surface area contributed by atoms with Gasteiger partial charge in [0.1, 0.15) is 35.4 Å². The van der Waals surface area contributed by atoms with E-state index in [9.17, 15) is 14.7 Å². The Morgan fingerprint density at radius 2 is 1.53 bits per heavy atom. The first kappa shape index (κ1) is 39.4. The van der Waals surface area contributed by atoms with Crippen molar-refractivity contribution in [1.29, 1.82) is 0 Å². The van der Waals surface area contributed by atoms with Crippen molar-refractivity contribution in [3.05, 3.63) is 112 Å². The van der Waals surface area contributed by atoms with Gasteiger partial charge < -0.3 is 38.6 Å². The van der Waals surface area contributed by atoms with Crippen molar-refractivity contribution in [3.8, 4) is 11.5 Å². The third-order valence-corrected chi connectivity index (χ3v) is 8.69. The molecule has 3 aromatic carbocycles. The lowest BCUT2D eigenvalue weighted by Crippen LogP contribution is -2.40. The quantitative estimate of drug-likeness (QED) is 0.0797. The van der Waals surface area contributed by atoms with Crippen LogP contribution in [0.25, 0.3) is 11.2 Å². The van der Waals surface area contributed by atoms with E-state index in [1.165, 1.54) is 18.0 Å². The van der Waals surface area contributed by atoms with Gasteiger partial charge in [0.05, 0.1) is 27.2 Å². The Labute approximate surface area is 306 Å². The average Bonchev–Trinajstić information content (AvgIpc) is 3.72. The van der Waals surface area contributed by atoms with E-state index in [0.717, 1.165) is 16.7 Å². The van der Waals surface area contributed by atoms with Gasteiger partial charge in [-0.25, -0.2) is 4.98 Å². The highest BCUT2D eigenvalue weighted by Crippen LogP contribution is 2.43. The maximum Gasteiger partial charge on any atom is 0.280 e. The molecule has 3 heterocycles. The summed E-state index contributed by atoms with van der Waals surface area (Å²) in [5, 5.41) is 14.2. The first-order valence-corrected chi connectivity index (χ1v) is 17.8. The van der Waals surface area contributed by atoms with Crippen molar-refractivity contribution in [2.45, 2.75) is 44.0 Å². The van der Waals surface area contributed by atoms with E-state index >= 15 is 0 Å². The van der Waals surface area contributed by atoms with Crippen molar-refractivity contribution >= 4 is 31.5 Å². The van der Waals surface area contributed by atoms with E-state index in [1.54, 1.807) is 28.1 Å². The predicted molar refractivity (Wildman–Crippen MR) is 196 cm³/mol. The number of H-pyrrole nitrogens is 1. The highest BCUT2D eigenvalue weighted by atomic mass is 31.2. The van der Waals surface area contributed by atoms with Crippen LogP contribution in [-0.4, -0.2) is 86.6 Å². The number of nitrogens with one attached hydrogen (secondary N) is 2. The largest absolute Gasteiger partial charge is 0.497 e. The second-order valence-electron chi connectivity index (χ2n) is 12.3. The van der Waals surface area contributed by atoms with Crippen LogP contribution in [0, 0.1) is 5.92 Å². The summed E-state index contributed by atoms with van der Waals surface area (Å²) in [6.45, 7) is 3.39. The van der Waals surface area contributed by atoms with E-state index < -0.39 is 44.2 Å². The number of nitrogens with two attached hydrogens (primary N) is 1. The Kier molecular flexibility index (Phi) is 12.9. The minimum absolute atomic E-state index is 0.0306. The van der Waals surface area contributed by atoms with Crippen LogP contribution in [0.5, 0.6) is 11.5 Å². The molecule has 6 rings (SSSR count). The minimum Gasteiger partial charge on any atom is -0.497 e. The Hall–Kier alpha value is -4.77. The van der Waals surface area contributed by atoms with Crippen LogP contribution >= 0.6 is 8.53 Å². The number of aromatic nitrogens is 4. The maximum atomic E-state index is 12.9. The zero-order valence-electron chi connectivity index (χ0n) is 29.7. The molecular weight excluding hydrogens is 707 g/mol. The number of aromatic amines is 1. The number of aliphatic hydroxyl groups is 1. The topological polar surface area (TPSA) is 226 Å². The molecule has 282 valence electrons. The number of anilines is 1. The van der Waals surface area contributed by atoms with Gasteiger partial charge in [-0.1, -0.05) is 68.4 Å². The molecule has 1 saturated heterocycles. The van der Waals surface area contributed by atoms with Gasteiger partial charge in [-0.2, -0.15) is 4.98 Å². The van der Waals surface area contributed by atoms with Gasteiger partial charge in [-0.05, 0) is 41.0 Å². The molecule has 0 radical (unpaired) electrons. The lowest BCUT2D eigenvalue weighted by molar-refractivity contribution is -0.118. The van der Waals surface area contributed by atoms with Gasteiger partial charge in [0.25, 0.3) is 5.56 Å². The summed E-state index contributed by atoms with van der Waals surface area (Å²) in [6.07, 6.45) is -2.44. The number of fused-ring (bicyclic) bond motifs is 1. The smallest absolute Gasteiger partial charge is 0.280 e. The predicted octanol–water partition coefficient (Wildman–Crippen LogP) is 3.17. The second kappa shape index (κ2) is 17.4. The molecule has 0 unspecified atom stereocenters. The average molecular weight is 751 g/mol. The molecule has 1 aliphatic heterocycles. The number of imidazole rings is 1. The van der Waals surface area contributed by atoms with Crippen molar-refractivity contribution < 1.29 is 43.4 Å². The Morgan fingerprint density at radius 1 is 0.981 bits per heavy atom. The summed E-state index contributed by atoms with van der Waals surface area (Å²) in [4.78, 5) is 51.4. The van der Waals surface area contributed by atoms with Gasteiger partial charge >= 0.3 is 0 Å². The number of benzene rings is 3. The van der Waals surface area contributed by atoms with Crippen LogP contribution in [0.15, 0.2) is 90.0 Å². The Bertz CT molecular complexity index is 1960. The summed E-state index contributed by atoms with van der Waals surface area (Å²) >= 11 is 0. The number of hydrogen-bond acceptors (Lipinski definition) is 13. The van der Waals surface area contributed by atoms with Crippen LogP contribution in [0.4, 0.5) is 5.95 Å². The number of carbonyl (C=O) groups excluding carboxylic acids is 1. The number of hydrogen-bond donors (Lipinski definition) is 6. The van der Waals surface area contributed by atoms with E-state index in [4.69, 9.17) is 33.5 Å². The highest BCUT2D eigenvalue weighted by molar-refractivity contribution is 7.42. The van der Waals surface area contributed by atoms with E-state index in [1.807, 2.05) is 78.9 Å². The van der Waals surface area contributed by atoms with Crippen LogP contribution in [0.3, 0.4) is 0 Å². The van der Waals surface area contributed by atoms with Crippen LogP contribution in [0.2, 0.25) is 0 Å². The molecule has 16 nitrogen and oxygen atoms in total. The summed E-state index contributed by atoms with van der Waals surface area (Å²) < 4.78 is 31.6. The van der Waals surface area contributed by atoms with Crippen molar-refractivity contribution in [1.82, 2.24) is 19.5 Å². The molecule has 4 atom stereocenters. The SMILES string of the molecule is COc1ccc(C(OC[C@H]2O[C@@H](n3cnc4c(=O)[nH]c(NC(=O)C(C)C)nc43)[C@H](OC)[C@@H]2O)(c2ccccc2)c2ccc(OC)cc2)cc1.NP(O)O. The molecule has 7 N–H and O–H groups in total. The molecule has 0 saturated carbocycles. The number of aliphatic hydroxyl groups excluding tert-OH is 1. The van der Waals surface area contributed by atoms with Crippen molar-refractivity contribution in [2.75, 3.05) is 33.3 Å². The normalized spacial score (nSPS) is 18.5. The van der Waals surface area contributed by atoms with E-state index in [2.05, 4.69) is 25.8 Å². The zero-order valence-corrected chi connectivity index (χ0v) is 30.6. The minimum atomic E-state index is -2.12. The molecular formula is C36H43N6O10P. The third kappa shape index (κ3) is 8.56. The Morgan fingerprint density at radius 3 is 2.04 bits per heavy atom. The van der Waals surface area contributed by atoms with E-state index in [-0.39, 0.29) is 35.5 Å². The fraction of sp³-hybridized carbons (Fsp3) is 0.333. The van der Waals surface area contributed by atoms with Crippen LogP contribution < -0.4 is 25.9 Å². The molecule has 0 bridgehead atoms. The lowest BCUT2D eigenvalue weighted by atomic mass is 9.80. The zero-order chi connectivity index (χ0) is 38.3. The molecule has 1 fully saturated rings. The summed E-state index contributed by atoms with van der Waals surface area (Å²) in [5.74, 6) is 0.692. The first-order valence-electron chi connectivity index (χ1n) is 16.5. The lowest BCUT2D eigenvalue weighted by Gasteiger charge is -2.37. The Balaban J connectivity index is 0.00000129. The molecule has 17 heteroatoms. The monoisotopic (exact) mass is 750 g/mol. The van der Waals surface area contributed by atoms with Crippen LogP contribution in [-0.2, 0) is 24.6 Å². The summed E-state index contributed by atoms with van der Waals surface area (Å²) in [5.41, 5.74) is 5.27. The van der Waals surface area contributed by atoms with Crippen molar-refractivity contribution in [2.24, 2.45) is 11.4 Å². The molecule has 0 aliphatic carbocycles. The summed E-state index contributed by atoms with van der Waals surface area (Å²) in [7, 11) is 2.56. The number of nitrogens with zero attached hydrogens (tertiary/aromatic N) is 3. The third-order valence-electron chi connectivity index (χ3n) is 8.69. The molecule has 0 spiro atoms. The van der Waals surface area contributed by atoms with Crippen LogP contribution in [0.1, 0.15) is 36.8 Å². The number of methoxy groups -OCH3 is 3. The molecule has 1 amide bonds. The van der Waals surface area contributed by atoms with Gasteiger partial charge in [-0.15, -0.1) is 0 Å². The number of rotatable bonds is 12. The van der Waals surface area contributed by atoms with Gasteiger partial charge in [0.15, 0.2) is 17.4 Å². The molecule has 1 aliphatic rings. The van der Waals surface area contributed by atoms with Crippen molar-refractivity contribution in [3.63, 3.8) is 0 Å².